The highest BCUT2D eigenvalue weighted by atomic mass is 16.8. The molecule has 0 saturated carbocycles. The molecule has 0 aromatic heterocycles. The zero-order chi connectivity index (χ0) is 20.9. The maximum atomic E-state index is 11.3. The van der Waals surface area contributed by atoms with Gasteiger partial charge in [-0.25, -0.2) is 0 Å². The molecule has 9 atom stereocenters. The van der Waals surface area contributed by atoms with Crippen molar-refractivity contribution < 1.29 is 33.5 Å². The third kappa shape index (κ3) is 3.80. The lowest BCUT2D eigenvalue weighted by Gasteiger charge is -2.48. The normalized spacial score (nSPS) is 45.1. The Bertz CT molecular complexity index is 731. The Balaban J connectivity index is 1.30. The summed E-state index contributed by atoms with van der Waals surface area (Å²) in [6.07, 6.45) is -2.10. The van der Waals surface area contributed by atoms with E-state index in [1.54, 1.807) is 7.11 Å². The summed E-state index contributed by atoms with van der Waals surface area (Å²) in [4.78, 5) is 0. The fourth-order valence-electron chi connectivity index (χ4n) is 5.16. The standard InChI is InChI=1S/C22H31NO7/c1-22(2)29-15-10-23-14(18(15)30-22)9-13-17(24)19-16(27-21(13)25-3)11-26-20(28-19)12-7-5-4-6-8-12/h4-8,13-21,23-24H,9-11H2,1-3H3/t13-,14-,15+,16-,17-,18-,19-,20-,21+/m1/s1. The molecule has 30 heavy (non-hydrogen) atoms. The highest BCUT2D eigenvalue weighted by Crippen LogP contribution is 2.40. The van der Waals surface area contributed by atoms with Gasteiger partial charge in [0.1, 0.15) is 24.4 Å². The Morgan fingerprint density at radius 3 is 2.67 bits per heavy atom. The quantitative estimate of drug-likeness (QED) is 0.753. The van der Waals surface area contributed by atoms with Gasteiger partial charge in [0.15, 0.2) is 18.4 Å². The molecule has 0 unspecified atom stereocenters. The first kappa shape index (κ1) is 20.8. The molecule has 4 saturated heterocycles. The van der Waals surface area contributed by atoms with Crippen molar-refractivity contribution in [3.8, 4) is 0 Å². The van der Waals surface area contributed by atoms with Crippen LogP contribution in [0, 0.1) is 5.92 Å². The second-order valence-corrected chi connectivity index (χ2v) is 9.00. The van der Waals surface area contributed by atoms with Gasteiger partial charge in [-0.05, 0) is 20.3 Å². The number of ether oxygens (including phenoxy) is 6. The highest BCUT2D eigenvalue weighted by molar-refractivity contribution is 5.16. The summed E-state index contributed by atoms with van der Waals surface area (Å²) < 4.78 is 35.9. The first-order valence-corrected chi connectivity index (χ1v) is 10.7. The van der Waals surface area contributed by atoms with E-state index in [-0.39, 0.29) is 30.3 Å². The van der Waals surface area contributed by atoms with E-state index in [0.717, 1.165) is 12.1 Å². The van der Waals surface area contributed by atoms with E-state index in [1.165, 1.54) is 0 Å². The Labute approximate surface area is 176 Å². The van der Waals surface area contributed by atoms with Crippen LogP contribution in [-0.2, 0) is 28.4 Å². The molecule has 4 fully saturated rings. The van der Waals surface area contributed by atoms with Gasteiger partial charge in [-0.3, -0.25) is 0 Å². The van der Waals surface area contributed by atoms with Crippen LogP contribution in [0.2, 0.25) is 0 Å². The topological polar surface area (TPSA) is 87.6 Å². The number of hydrogen-bond acceptors (Lipinski definition) is 8. The van der Waals surface area contributed by atoms with E-state index >= 15 is 0 Å². The lowest BCUT2D eigenvalue weighted by atomic mass is 9.84. The monoisotopic (exact) mass is 421 g/mol. The van der Waals surface area contributed by atoms with Gasteiger partial charge in [0, 0.05) is 31.2 Å². The minimum atomic E-state index is -0.750. The van der Waals surface area contributed by atoms with Gasteiger partial charge in [-0.1, -0.05) is 30.3 Å². The maximum Gasteiger partial charge on any atom is 0.184 e. The largest absolute Gasteiger partial charge is 0.390 e. The summed E-state index contributed by atoms with van der Waals surface area (Å²) in [5.41, 5.74) is 0.924. The third-order valence-electron chi connectivity index (χ3n) is 6.52. The van der Waals surface area contributed by atoms with E-state index in [0.29, 0.717) is 13.0 Å². The Hall–Kier alpha value is -1.10. The fraction of sp³-hybridized carbons (Fsp3) is 0.727. The predicted octanol–water partition coefficient (Wildman–Crippen LogP) is 1.33. The number of rotatable bonds is 4. The van der Waals surface area contributed by atoms with E-state index in [2.05, 4.69) is 5.32 Å². The molecule has 8 heteroatoms. The molecule has 166 valence electrons. The molecule has 0 spiro atoms. The summed E-state index contributed by atoms with van der Waals surface area (Å²) in [7, 11) is 1.60. The van der Waals surface area contributed by atoms with Crippen LogP contribution in [0.4, 0.5) is 0 Å². The van der Waals surface area contributed by atoms with Crippen molar-refractivity contribution in [1.29, 1.82) is 0 Å². The number of methoxy groups -OCH3 is 1. The van der Waals surface area contributed by atoms with Gasteiger partial charge in [-0.2, -0.15) is 0 Å². The van der Waals surface area contributed by atoms with Crippen molar-refractivity contribution in [2.75, 3.05) is 20.3 Å². The van der Waals surface area contributed by atoms with Crippen LogP contribution in [0.1, 0.15) is 32.1 Å². The van der Waals surface area contributed by atoms with Crippen LogP contribution < -0.4 is 5.32 Å². The molecular formula is C22H31NO7. The summed E-state index contributed by atoms with van der Waals surface area (Å²) in [6.45, 7) is 4.93. The van der Waals surface area contributed by atoms with Crippen LogP contribution in [0.3, 0.4) is 0 Å². The van der Waals surface area contributed by atoms with Crippen LogP contribution in [0.15, 0.2) is 30.3 Å². The lowest BCUT2D eigenvalue weighted by Crippen LogP contribution is -2.60. The molecule has 1 aromatic rings. The summed E-state index contributed by atoms with van der Waals surface area (Å²) in [6, 6.07) is 9.79. The van der Waals surface area contributed by atoms with Gasteiger partial charge in [0.2, 0.25) is 0 Å². The Morgan fingerprint density at radius 1 is 1.10 bits per heavy atom. The summed E-state index contributed by atoms with van der Waals surface area (Å²) in [5.74, 6) is -0.857. The summed E-state index contributed by atoms with van der Waals surface area (Å²) >= 11 is 0. The zero-order valence-electron chi connectivity index (χ0n) is 17.6. The minimum Gasteiger partial charge on any atom is -0.390 e. The molecule has 8 nitrogen and oxygen atoms in total. The van der Waals surface area contributed by atoms with Gasteiger partial charge in [0.05, 0.1) is 12.7 Å². The van der Waals surface area contributed by atoms with Crippen molar-refractivity contribution in [2.24, 2.45) is 5.92 Å². The maximum absolute atomic E-state index is 11.3. The smallest absolute Gasteiger partial charge is 0.184 e. The van der Waals surface area contributed by atoms with Crippen molar-refractivity contribution in [2.45, 2.75) is 75.2 Å². The van der Waals surface area contributed by atoms with Crippen molar-refractivity contribution >= 4 is 0 Å². The van der Waals surface area contributed by atoms with Gasteiger partial charge >= 0.3 is 0 Å². The third-order valence-corrected chi connectivity index (χ3v) is 6.52. The lowest BCUT2D eigenvalue weighted by molar-refractivity contribution is -0.351. The SMILES string of the molecule is CO[C@H]1O[C@@H]2CO[C@@H](c3ccccc3)O[C@H]2[C@H](O)[C@H]1C[C@H]1NC[C@@H]2OC(C)(C)O[C@@H]21. The molecule has 2 N–H and O–H groups in total. The van der Waals surface area contributed by atoms with E-state index < -0.39 is 30.6 Å². The Morgan fingerprint density at radius 2 is 1.90 bits per heavy atom. The zero-order valence-corrected chi connectivity index (χ0v) is 17.6. The van der Waals surface area contributed by atoms with E-state index in [4.69, 9.17) is 28.4 Å². The Kier molecular flexibility index (Phi) is 5.62. The van der Waals surface area contributed by atoms with Crippen molar-refractivity contribution in [3.05, 3.63) is 35.9 Å². The van der Waals surface area contributed by atoms with Crippen LogP contribution in [0.25, 0.3) is 0 Å². The first-order valence-electron chi connectivity index (χ1n) is 10.7. The van der Waals surface area contributed by atoms with Gasteiger partial charge in [-0.15, -0.1) is 0 Å². The molecular weight excluding hydrogens is 390 g/mol. The second kappa shape index (κ2) is 8.11. The van der Waals surface area contributed by atoms with E-state index in [9.17, 15) is 5.11 Å². The molecule has 4 aliphatic rings. The molecule has 0 bridgehead atoms. The molecule has 1 aromatic carbocycles. The number of fused-ring (bicyclic) bond motifs is 2. The molecule has 0 aliphatic carbocycles. The number of aliphatic hydroxyl groups is 1. The highest BCUT2D eigenvalue weighted by Gasteiger charge is 2.54. The average Bonchev–Trinajstić information content (AvgIpc) is 3.25. The van der Waals surface area contributed by atoms with Crippen LogP contribution >= 0.6 is 0 Å². The summed E-state index contributed by atoms with van der Waals surface area (Å²) in [5, 5.41) is 14.8. The van der Waals surface area contributed by atoms with E-state index in [1.807, 2.05) is 44.2 Å². The van der Waals surface area contributed by atoms with Gasteiger partial charge in [0.25, 0.3) is 0 Å². The predicted molar refractivity (Wildman–Crippen MR) is 105 cm³/mol. The molecule has 4 heterocycles. The molecule has 4 aliphatic heterocycles. The number of benzene rings is 1. The van der Waals surface area contributed by atoms with Crippen molar-refractivity contribution in [3.63, 3.8) is 0 Å². The van der Waals surface area contributed by atoms with Crippen LogP contribution in [-0.4, -0.2) is 74.0 Å². The molecule has 5 rings (SSSR count). The average molecular weight is 421 g/mol. The van der Waals surface area contributed by atoms with Crippen LogP contribution in [0.5, 0.6) is 0 Å². The van der Waals surface area contributed by atoms with Crippen molar-refractivity contribution in [1.82, 2.24) is 5.32 Å². The number of hydrogen-bond donors (Lipinski definition) is 2. The molecule has 0 radical (unpaired) electrons. The minimum absolute atomic E-state index is 0.0159. The number of nitrogens with one attached hydrogen (secondary N) is 1. The fourth-order valence-corrected chi connectivity index (χ4v) is 5.16. The number of aliphatic hydroxyl groups excluding tert-OH is 1. The second-order valence-electron chi connectivity index (χ2n) is 9.00. The van der Waals surface area contributed by atoms with Gasteiger partial charge < -0.3 is 38.8 Å². The first-order chi connectivity index (χ1) is 14.4. The molecule has 0 amide bonds.